The maximum atomic E-state index is 11.3. The molecule has 0 heterocycles. The average molecular weight is 290 g/mol. The predicted octanol–water partition coefficient (Wildman–Crippen LogP) is -1.22. The fraction of sp³-hybridized carbons (Fsp3) is 0.750. The molecule has 1 atom stereocenters. The lowest BCUT2D eigenvalue weighted by Gasteiger charge is -2.36. The normalized spacial score (nSPS) is 13.9. The van der Waals surface area contributed by atoms with Gasteiger partial charge >= 0.3 is 11.9 Å². The SMILES string of the molecule is CNCCCCC(C=O)(CO)N(CC(=O)O)CC(=O)O. The molecule has 0 aromatic heterocycles. The lowest BCUT2D eigenvalue weighted by atomic mass is 9.92. The number of carbonyl (C=O) groups is 3. The fourth-order valence-electron chi connectivity index (χ4n) is 1.94. The van der Waals surface area contributed by atoms with Crippen molar-refractivity contribution in [3.05, 3.63) is 0 Å². The third kappa shape index (κ3) is 6.09. The second kappa shape index (κ2) is 9.40. The zero-order valence-electron chi connectivity index (χ0n) is 11.5. The first-order valence-electron chi connectivity index (χ1n) is 6.32. The van der Waals surface area contributed by atoms with Crippen LogP contribution in [0.4, 0.5) is 0 Å². The van der Waals surface area contributed by atoms with Crippen LogP contribution in [0.25, 0.3) is 0 Å². The monoisotopic (exact) mass is 290 g/mol. The smallest absolute Gasteiger partial charge is 0.317 e. The van der Waals surface area contributed by atoms with Crippen LogP contribution in [-0.4, -0.2) is 77.3 Å². The van der Waals surface area contributed by atoms with Crippen LogP contribution in [0, 0.1) is 0 Å². The van der Waals surface area contributed by atoms with Crippen molar-refractivity contribution in [2.45, 2.75) is 24.8 Å². The molecule has 0 aromatic carbocycles. The zero-order valence-corrected chi connectivity index (χ0v) is 11.5. The van der Waals surface area contributed by atoms with Gasteiger partial charge in [0.05, 0.1) is 19.7 Å². The van der Waals surface area contributed by atoms with Crippen LogP contribution in [0.5, 0.6) is 0 Å². The maximum Gasteiger partial charge on any atom is 0.317 e. The first kappa shape index (κ1) is 18.5. The lowest BCUT2D eigenvalue weighted by Crippen LogP contribution is -2.56. The highest BCUT2D eigenvalue weighted by Crippen LogP contribution is 2.20. The summed E-state index contributed by atoms with van der Waals surface area (Å²) >= 11 is 0. The number of unbranched alkanes of at least 4 members (excludes halogenated alkanes) is 1. The van der Waals surface area contributed by atoms with E-state index >= 15 is 0 Å². The number of rotatable bonds is 12. The van der Waals surface area contributed by atoms with E-state index < -0.39 is 37.2 Å². The standard InChI is InChI=1S/C12H22N2O6/c1-13-5-3-2-4-12(8-15,9-16)14(6-10(17)18)7-11(19)20/h8,13,16H,2-7,9H2,1H3,(H,17,18)(H,19,20). The minimum Gasteiger partial charge on any atom is -0.480 e. The molecular formula is C12H22N2O6. The summed E-state index contributed by atoms with van der Waals surface area (Å²) in [6.07, 6.45) is 1.95. The topological polar surface area (TPSA) is 127 Å². The number of aliphatic carboxylic acids is 2. The van der Waals surface area contributed by atoms with Gasteiger partial charge in [0.25, 0.3) is 0 Å². The van der Waals surface area contributed by atoms with Crippen molar-refractivity contribution >= 4 is 18.2 Å². The highest BCUT2D eigenvalue weighted by atomic mass is 16.4. The van der Waals surface area contributed by atoms with Crippen LogP contribution in [0.3, 0.4) is 0 Å². The van der Waals surface area contributed by atoms with Crippen LogP contribution < -0.4 is 5.32 Å². The van der Waals surface area contributed by atoms with E-state index in [1.165, 1.54) is 0 Å². The highest BCUT2D eigenvalue weighted by molar-refractivity contribution is 5.75. The van der Waals surface area contributed by atoms with E-state index in [4.69, 9.17) is 10.2 Å². The Balaban J connectivity index is 4.95. The van der Waals surface area contributed by atoms with Crippen molar-refractivity contribution in [3.63, 3.8) is 0 Å². The van der Waals surface area contributed by atoms with E-state index in [-0.39, 0.29) is 6.42 Å². The summed E-state index contributed by atoms with van der Waals surface area (Å²) < 4.78 is 0. The van der Waals surface area contributed by atoms with Crippen LogP contribution in [0.2, 0.25) is 0 Å². The summed E-state index contributed by atoms with van der Waals surface area (Å²) in [6.45, 7) is -1.12. The molecule has 0 aliphatic heterocycles. The Labute approximate surface area is 117 Å². The van der Waals surface area contributed by atoms with Crippen LogP contribution in [-0.2, 0) is 14.4 Å². The second-order valence-electron chi connectivity index (χ2n) is 4.58. The number of carbonyl (C=O) groups excluding carboxylic acids is 1. The van der Waals surface area contributed by atoms with Gasteiger partial charge in [-0.1, -0.05) is 0 Å². The number of nitrogens with zero attached hydrogens (tertiary/aromatic N) is 1. The van der Waals surface area contributed by atoms with Gasteiger partial charge in [-0.3, -0.25) is 14.5 Å². The van der Waals surface area contributed by atoms with Crippen molar-refractivity contribution in [2.75, 3.05) is 33.3 Å². The molecule has 0 saturated carbocycles. The van der Waals surface area contributed by atoms with Gasteiger partial charge < -0.3 is 25.4 Å². The molecule has 0 rings (SSSR count). The van der Waals surface area contributed by atoms with Crippen LogP contribution in [0.1, 0.15) is 19.3 Å². The van der Waals surface area contributed by atoms with Crippen LogP contribution in [0.15, 0.2) is 0 Å². The van der Waals surface area contributed by atoms with Gasteiger partial charge in [0.15, 0.2) is 0 Å². The van der Waals surface area contributed by atoms with E-state index in [1.54, 1.807) is 7.05 Å². The maximum absolute atomic E-state index is 11.3. The van der Waals surface area contributed by atoms with Crippen molar-refractivity contribution in [2.24, 2.45) is 0 Å². The molecular weight excluding hydrogens is 268 g/mol. The first-order chi connectivity index (χ1) is 9.41. The number of aliphatic hydroxyl groups is 1. The molecule has 0 radical (unpaired) electrons. The Hall–Kier alpha value is -1.51. The Kier molecular flexibility index (Phi) is 8.69. The van der Waals surface area contributed by atoms with E-state index in [0.717, 1.165) is 17.9 Å². The summed E-state index contributed by atoms with van der Waals surface area (Å²) in [5.74, 6) is -2.50. The first-order valence-corrected chi connectivity index (χ1v) is 6.32. The van der Waals surface area contributed by atoms with Gasteiger partial charge in [-0.15, -0.1) is 0 Å². The van der Waals surface area contributed by atoms with Gasteiger partial charge in [0.1, 0.15) is 11.8 Å². The highest BCUT2D eigenvalue weighted by Gasteiger charge is 2.37. The summed E-state index contributed by atoms with van der Waals surface area (Å²) in [4.78, 5) is 33.9. The third-order valence-electron chi connectivity index (χ3n) is 3.06. The van der Waals surface area contributed by atoms with Crippen molar-refractivity contribution in [1.82, 2.24) is 10.2 Å². The van der Waals surface area contributed by atoms with E-state index in [1.807, 2.05) is 0 Å². The van der Waals surface area contributed by atoms with Crippen molar-refractivity contribution in [1.29, 1.82) is 0 Å². The lowest BCUT2D eigenvalue weighted by molar-refractivity contribution is -0.147. The van der Waals surface area contributed by atoms with Gasteiger partial charge in [-0.25, -0.2) is 0 Å². The molecule has 0 aromatic rings. The Morgan fingerprint density at radius 1 is 1.20 bits per heavy atom. The van der Waals surface area contributed by atoms with Gasteiger partial charge in [0, 0.05) is 0 Å². The zero-order chi connectivity index (χ0) is 15.6. The average Bonchev–Trinajstić information content (AvgIpc) is 2.38. The fourth-order valence-corrected chi connectivity index (χ4v) is 1.94. The number of carboxylic acids is 2. The molecule has 0 aliphatic carbocycles. The molecule has 0 saturated heterocycles. The van der Waals surface area contributed by atoms with Crippen molar-refractivity contribution < 1.29 is 29.7 Å². The van der Waals surface area contributed by atoms with Gasteiger partial charge in [-0.2, -0.15) is 0 Å². The number of carboxylic acid groups (broad SMARTS) is 2. The molecule has 0 aliphatic rings. The van der Waals surface area contributed by atoms with E-state index in [2.05, 4.69) is 5.32 Å². The van der Waals surface area contributed by atoms with E-state index in [9.17, 15) is 19.5 Å². The molecule has 4 N–H and O–H groups in total. The van der Waals surface area contributed by atoms with Gasteiger partial charge in [0.2, 0.25) is 0 Å². The quantitative estimate of drug-likeness (QED) is 0.260. The molecule has 0 amide bonds. The second-order valence-corrected chi connectivity index (χ2v) is 4.58. The Morgan fingerprint density at radius 2 is 1.75 bits per heavy atom. The number of hydrogen-bond acceptors (Lipinski definition) is 6. The number of hydrogen-bond donors (Lipinski definition) is 4. The minimum atomic E-state index is -1.47. The summed E-state index contributed by atoms with van der Waals surface area (Å²) in [5.41, 5.74) is -1.47. The number of aliphatic hydroxyl groups excluding tert-OH is 1. The largest absolute Gasteiger partial charge is 0.480 e. The molecule has 0 fully saturated rings. The number of aldehydes is 1. The Bertz CT molecular complexity index is 320. The van der Waals surface area contributed by atoms with Crippen molar-refractivity contribution in [3.8, 4) is 0 Å². The molecule has 1 unspecified atom stereocenters. The third-order valence-corrected chi connectivity index (χ3v) is 3.06. The van der Waals surface area contributed by atoms with E-state index in [0.29, 0.717) is 12.7 Å². The summed E-state index contributed by atoms with van der Waals surface area (Å²) in [7, 11) is 1.78. The Morgan fingerprint density at radius 3 is 2.10 bits per heavy atom. The molecule has 0 bridgehead atoms. The molecule has 0 spiro atoms. The molecule has 116 valence electrons. The van der Waals surface area contributed by atoms with Crippen LogP contribution >= 0.6 is 0 Å². The molecule has 20 heavy (non-hydrogen) atoms. The number of nitrogens with one attached hydrogen (secondary N) is 1. The minimum absolute atomic E-state index is 0.204. The molecule has 8 heteroatoms. The molecule has 8 nitrogen and oxygen atoms in total. The predicted molar refractivity (Wildman–Crippen MR) is 70.5 cm³/mol. The summed E-state index contributed by atoms with van der Waals surface area (Å²) in [6, 6.07) is 0. The van der Waals surface area contributed by atoms with Gasteiger partial charge in [-0.05, 0) is 32.9 Å². The summed E-state index contributed by atoms with van der Waals surface area (Å²) in [5, 5.41) is 30.0.